The molecule has 0 bridgehead atoms. The van der Waals surface area contributed by atoms with Crippen LogP contribution in [0.2, 0.25) is 0 Å². The van der Waals surface area contributed by atoms with Crippen LogP contribution >= 0.6 is 0 Å². The normalized spacial score (nSPS) is 11.2. The lowest BCUT2D eigenvalue weighted by molar-refractivity contribution is -0.130. The van der Waals surface area contributed by atoms with E-state index < -0.39 is 11.8 Å². The van der Waals surface area contributed by atoms with Gasteiger partial charge in [0.05, 0.1) is 19.3 Å². The summed E-state index contributed by atoms with van der Waals surface area (Å²) in [6.07, 6.45) is 2.37. The molecule has 0 unspecified atom stereocenters. The minimum Gasteiger partial charge on any atom is -0.493 e. The molecule has 2 rings (SSSR count). The number of aliphatic carboxylic acids is 1. The Labute approximate surface area is 140 Å². The Balaban J connectivity index is 2.41. The number of carboxylic acids is 1. The first-order valence-corrected chi connectivity index (χ1v) is 7.57. The van der Waals surface area contributed by atoms with Crippen LogP contribution in [-0.4, -0.2) is 24.8 Å². The summed E-state index contributed by atoms with van der Waals surface area (Å²) >= 11 is 0. The Bertz CT molecular complexity index is 736. The van der Waals surface area contributed by atoms with Crippen molar-refractivity contribution in [2.45, 2.75) is 13.3 Å². The van der Waals surface area contributed by atoms with Gasteiger partial charge in [0.1, 0.15) is 5.82 Å². The van der Waals surface area contributed by atoms with Gasteiger partial charge >= 0.3 is 5.97 Å². The van der Waals surface area contributed by atoms with Crippen molar-refractivity contribution < 1.29 is 23.8 Å². The Morgan fingerprint density at radius 3 is 2.46 bits per heavy atom. The maximum atomic E-state index is 13.0. The zero-order valence-corrected chi connectivity index (χ0v) is 13.6. The van der Waals surface area contributed by atoms with Gasteiger partial charge in [-0.1, -0.05) is 25.1 Å². The summed E-state index contributed by atoms with van der Waals surface area (Å²) in [4.78, 5) is 11.6. The maximum Gasteiger partial charge on any atom is 0.336 e. The molecule has 0 spiro atoms. The fraction of sp³-hybridized carbons (Fsp3) is 0.211. The van der Waals surface area contributed by atoms with Crippen molar-refractivity contribution in [3.63, 3.8) is 0 Å². The Morgan fingerprint density at radius 1 is 1.17 bits per heavy atom. The van der Waals surface area contributed by atoms with Crippen LogP contribution in [0.15, 0.2) is 42.5 Å². The highest BCUT2D eigenvalue weighted by atomic mass is 19.1. The van der Waals surface area contributed by atoms with Gasteiger partial charge in [-0.05, 0) is 47.9 Å². The lowest BCUT2D eigenvalue weighted by atomic mass is 10.0. The lowest BCUT2D eigenvalue weighted by Crippen LogP contribution is -2.00. The second-order valence-electron chi connectivity index (χ2n) is 5.13. The number of halogens is 1. The van der Waals surface area contributed by atoms with E-state index in [1.807, 2.05) is 6.92 Å². The van der Waals surface area contributed by atoms with E-state index in [-0.39, 0.29) is 5.57 Å². The topological polar surface area (TPSA) is 55.8 Å². The molecular weight excluding hydrogens is 311 g/mol. The molecule has 1 N–H and O–H groups in total. The molecule has 0 atom stereocenters. The predicted octanol–water partition coefficient (Wildman–Crippen LogP) is 4.25. The largest absolute Gasteiger partial charge is 0.493 e. The van der Waals surface area contributed by atoms with Gasteiger partial charge in [-0.3, -0.25) is 0 Å². The summed E-state index contributed by atoms with van der Waals surface area (Å²) in [6, 6.07) is 10.5. The van der Waals surface area contributed by atoms with Crippen molar-refractivity contribution in [1.29, 1.82) is 0 Å². The summed E-state index contributed by atoms with van der Waals surface area (Å²) < 4.78 is 23.9. The van der Waals surface area contributed by atoms with Crippen LogP contribution in [0.5, 0.6) is 11.5 Å². The number of methoxy groups -OCH3 is 1. The second-order valence-corrected chi connectivity index (χ2v) is 5.13. The van der Waals surface area contributed by atoms with E-state index in [1.54, 1.807) is 25.3 Å². The molecule has 0 heterocycles. The molecule has 126 valence electrons. The van der Waals surface area contributed by atoms with E-state index in [0.29, 0.717) is 29.2 Å². The van der Waals surface area contributed by atoms with Gasteiger partial charge in [-0.25, -0.2) is 9.18 Å². The number of hydrogen-bond acceptors (Lipinski definition) is 3. The summed E-state index contributed by atoms with van der Waals surface area (Å²) in [5, 5.41) is 9.45. The average Bonchev–Trinajstić information content (AvgIpc) is 2.58. The number of hydrogen-bond donors (Lipinski definition) is 1. The third kappa shape index (κ3) is 4.35. The van der Waals surface area contributed by atoms with E-state index in [1.165, 1.54) is 30.3 Å². The monoisotopic (exact) mass is 330 g/mol. The van der Waals surface area contributed by atoms with Crippen LogP contribution < -0.4 is 9.47 Å². The van der Waals surface area contributed by atoms with E-state index in [0.717, 1.165) is 6.42 Å². The fourth-order valence-corrected chi connectivity index (χ4v) is 2.17. The molecule has 0 aliphatic heterocycles. The van der Waals surface area contributed by atoms with Gasteiger partial charge < -0.3 is 14.6 Å². The van der Waals surface area contributed by atoms with Crippen LogP contribution in [0, 0.1) is 5.82 Å². The van der Waals surface area contributed by atoms with Crippen LogP contribution in [0.3, 0.4) is 0 Å². The van der Waals surface area contributed by atoms with E-state index in [9.17, 15) is 14.3 Å². The van der Waals surface area contributed by atoms with Gasteiger partial charge in [-0.2, -0.15) is 0 Å². The molecule has 5 heteroatoms. The first-order valence-electron chi connectivity index (χ1n) is 7.57. The molecule has 0 aliphatic rings. The van der Waals surface area contributed by atoms with Crippen molar-refractivity contribution >= 4 is 17.6 Å². The Morgan fingerprint density at radius 2 is 1.88 bits per heavy atom. The van der Waals surface area contributed by atoms with Crippen LogP contribution in [0.25, 0.3) is 11.6 Å². The highest BCUT2D eigenvalue weighted by molar-refractivity contribution is 6.20. The molecule has 0 aromatic heterocycles. The number of benzene rings is 2. The SMILES string of the molecule is CCCOc1cc(/C=C(\C(=O)O)c2ccc(F)cc2)ccc1OC. The van der Waals surface area contributed by atoms with Gasteiger partial charge in [0.2, 0.25) is 0 Å². The lowest BCUT2D eigenvalue weighted by Gasteiger charge is -2.11. The molecule has 0 saturated carbocycles. The number of carboxylic acid groups (broad SMARTS) is 1. The maximum absolute atomic E-state index is 13.0. The van der Waals surface area contributed by atoms with Crippen LogP contribution in [-0.2, 0) is 4.79 Å². The minimum absolute atomic E-state index is 0.0709. The molecule has 0 fully saturated rings. The van der Waals surface area contributed by atoms with Gasteiger partial charge in [0.25, 0.3) is 0 Å². The molecule has 4 nitrogen and oxygen atoms in total. The number of rotatable bonds is 7. The quantitative estimate of drug-likeness (QED) is 0.609. The summed E-state index contributed by atoms with van der Waals surface area (Å²) in [6.45, 7) is 2.53. The molecule has 24 heavy (non-hydrogen) atoms. The predicted molar refractivity (Wildman–Crippen MR) is 90.7 cm³/mol. The van der Waals surface area contributed by atoms with Gasteiger partial charge in [-0.15, -0.1) is 0 Å². The first kappa shape index (κ1) is 17.5. The van der Waals surface area contributed by atoms with Crippen LogP contribution in [0.4, 0.5) is 4.39 Å². The summed E-state index contributed by atoms with van der Waals surface area (Å²) in [7, 11) is 1.55. The third-order valence-corrected chi connectivity index (χ3v) is 3.35. The Kier molecular flexibility index (Phi) is 5.95. The molecule has 2 aromatic carbocycles. The number of carbonyl (C=O) groups is 1. The van der Waals surface area contributed by atoms with E-state index >= 15 is 0 Å². The highest BCUT2D eigenvalue weighted by Gasteiger charge is 2.12. The molecular formula is C19H19FO4. The van der Waals surface area contributed by atoms with Gasteiger partial charge in [0.15, 0.2) is 11.5 Å². The zero-order chi connectivity index (χ0) is 17.5. The van der Waals surface area contributed by atoms with Crippen molar-refractivity contribution in [2.24, 2.45) is 0 Å². The highest BCUT2D eigenvalue weighted by Crippen LogP contribution is 2.30. The van der Waals surface area contributed by atoms with Gasteiger partial charge in [0, 0.05) is 0 Å². The molecule has 0 amide bonds. The van der Waals surface area contributed by atoms with Crippen LogP contribution in [0.1, 0.15) is 24.5 Å². The van der Waals surface area contributed by atoms with Crippen molar-refractivity contribution in [1.82, 2.24) is 0 Å². The molecule has 0 saturated heterocycles. The molecule has 0 aliphatic carbocycles. The molecule has 2 aromatic rings. The summed E-state index contributed by atoms with van der Waals surface area (Å²) in [5.41, 5.74) is 1.15. The third-order valence-electron chi connectivity index (χ3n) is 3.35. The van der Waals surface area contributed by atoms with Crippen molar-refractivity contribution in [3.05, 3.63) is 59.4 Å². The first-order chi connectivity index (χ1) is 11.5. The average molecular weight is 330 g/mol. The van der Waals surface area contributed by atoms with Crippen molar-refractivity contribution in [2.75, 3.05) is 13.7 Å². The standard InChI is InChI=1S/C19H19FO4/c1-3-10-24-18-12-13(4-9-17(18)23-2)11-16(19(21)22)14-5-7-15(20)8-6-14/h4-9,11-12H,3,10H2,1-2H3,(H,21,22)/b16-11-. The number of ether oxygens (including phenoxy) is 2. The minimum atomic E-state index is -1.09. The van der Waals surface area contributed by atoms with E-state index in [2.05, 4.69) is 0 Å². The molecule has 0 radical (unpaired) electrons. The zero-order valence-electron chi connectivity index (χ0n) is 13.6. The Hall–Kier alpha value is -2.82. The van der Waals surface area contributed by atoms with Crippen molar-refractivity contribution in [3.8, 4) is 11.5 Å². The second kappa shape index (κ2) is 8.15. The smallest absolute Gasteiger partial charge is 0.336 e. The van der Waals surface area contributed by atoms with E-state index in [4.69, 9.17) is 9.47 Å². The summed E-state index contributed by atoms with van der Waals surface area (Å²) in [5.74, 6) is -0.368. The fourth-order valence-electron chi connectivity index (χ4n) is 2.17.